The van der Waals surface area contributed by atoms with Crippen molar-refractivity contribution in [3.8, 4) is 0 Å². The molecule has 4 nitrogen and oxygen atoms in total. The van der Waals surface area contributed by atoms with Crippen molar-refractivity contribution in [2.24, 2.45) is 5.92 Å². The fraction of sp³-hybridized carbons (Fsp3) is 0.222. The molecule has 0 saturated carbocycles. The molecule has 0 saturated heterocycles. The molecular weight excluding hydrogens is 312 g/mol. The van der Waals surface area contributed by atoms with E-state index < -0.39 is 0 Å². The van der Waals surface area contributed by atoms with E-state index in [1.165, 1.54) is 0 Å². The van der Waals surface area contributed by atoms with Gasteiger partial charge in [-0.15, -0.1) is 0 Å². The van der Waals surface area contributed by atoms with E-state index >= 15 is 0 Å². The number of para-hydroxylation sites is 1. The second kappa shape index (κ2) is 7.79. The van der Waals surface area contributed by atoms with Gasteiger partial charge in [-0.1, -0.05) is 37.6 Å². The average molecular weight is 331 g/mol. The fourth-order valence-corrected chi connectivity index (χ4v) is 2.11. The van der Waals surface area contributed by atoms with Crippen molar-refractivity contribution in [3.63, 3.8) is 0 Å². The molecule has 2 aromatic rings. The molecule has 120 valence electrons. The van der Waals surface area contributed by atoms with Crippen LogP contribution in [-0.2, 0) is 0 Å². The Bertz CT molecular complexity index is 696. The van der Waals surface area contributed by atoms with Crippen LogP contribution in [0.25, 0.3) is 0 Å². The Morgan fingerprint density at radius 3 is 2.09 bits per heavy atom. The lowest BCUT2D eigenvalue weighted by molar-refractivity contribution is 0.0947. The van der Waals surface area contributed by atoms with Gasteiger partial charge in [-0.3, -0.25) is 9.59 Å². The topological polar surface area (TPSA) is 58.2 Å². The molecule has 0 spiro atoms. The van der Waals surface area contributed by atoms with Gasteiger partial charge >= 0.3 is 0 Å². The van der Waals surface area contributed by atoms with Crippen molar-refractivity contribution in [2.45, 2.75) is 13.8 Å². The first-order chi connectivity index (χ1) is 11.0. The summed E-state index contributed by atoms with van der Waals surface area (Å²) in [5.74, 6) is -0.0244. The van der Waals surface area contributed by atoms with E-state index in [2.05, 4.69) is 10.6 Å². The second-order valence-corrected chi connectivity index (χ2v) is 6.02. The monoisotopic (exact) mass is 330 g/mol. The van der Waals surface area contributed by atoms with Crippen molar-refractivity contribution < 1.29 is 9.59 Å². The molecular formula is C18H19ClN2O2. The van der Waals surface area contributed by atoms with Gasteiger partial charge < -0.3 is 10.6 Å². The molecule has 0 aliphatic heterocycles. The molecule has 0 radical (unpaired) electrons. The molecule has 0 bridgehead atoms. The van der Waals surface area contributed by atoms with Gasteiger partial charge in [0.15, 0.2) is 0 Å². The highest BCUT2D eigenvalue weighted by Gasteiger charge is 2.10. The number of carbonyl (C=O) groups excluding carboxylic acids is 2. The van der Waals surface area contributed by atoms with Crippen molar-refractivity contribution in [1.82, 2.24) is 5.32 Å². The highest BCUT2D eigenvalue weighted by molar-refractivity contribution is 6.33. The molecule has 0 unspecified atom stereocenters. The highest BCUT2D eigenvalue weighted by atomic mass is 35.5. The van der Waals surface area contributed by atoms with Gasteiger partial charge in [0.1, 0.15) is 0 Å². The van der Waals surface area contributed by atoms with E-state index in [9.17, 15) is 9.59 Å². The molecule has 0 heterocycles. The van der Waals surface area contributed by atoms with Crippen molar-refractivity contribution >= 4 is 29.1 Å². The molecule has 2 rings (SSSR count). The third-order valence-corrected chi connectivity index (χ3v) is 3.53. The normalized spacial score (nSPS) is 10.4. The van der Waals surface area contributed by atoms with Crippen LogP contribution in [0.5, 0.6) is 0 Å². The zero-order chi connectivity index (χ0) is 16.8. The molecule has 5 heteroatoms. The number of halogens is 1. The summed E-state index contributed by atoms with van der Waals surface area (Å²) >= 11 is 6.02. The van der Waals surface area contributed by atoms with Crippen molar-refractivity contribution in [3.05, 3.63) is 64.7 Å². The van der Waals surface area contributed by atoms with E-state index in [0.29, 0.717) is 34.3 Å². The van der Waals surface area contributed by atoms with Crippen LogP contribution < -0.4 is 10.6 Å². The maximum atomic E-state index is 12.2. The number of anilines is 1. The smallest absolute Gasteiger partial charge is 0.255 e. The third-order valence-electron chi connectivity index (χ3n) is 3.20. The largest absolute Gasteiger partial charge is 0.352 e. The lowest BCUT2D eigenvalue weighted by atomic mass is 10.1. The summed E-state index contributed by atoms with van der Waals surface area (Å²) < 4.78 is 0. The zero-order valence-electron chi connectivity index (χ0n) is 13.1. The Kier molecular flexibility index (Phi) is 5.77. The summed E-state index contributed by atoms with van der Waals surface area (Å²) in [7, 11) is 0. The lowest BCUT2D eigenvalue weighted by Crippen LogP contribution is -2.27. The maximum absolute atomic E-state index is 12.2. The van der Waals surface area contributed by atoms with Gasteiger partial charge in [0, 0.05) is 17.7 Å². The summed E-state index contributed by atoms with van der Waals surface area (Å²) in [6, 6.07) is 13.5. The highest BCUT2D eigenvalue weighted by Crippen LogP contribution is 2.21. The minimum Gasteiger partial charge on any atom is -0.352 e. The van der Waals surface area contributed by atoms with Crippen LogP contribution >= 0.6 is 11.6 Å². The van der Waals surface area contributed by atoms with Crippen LogP contribution in [-0.4, -0.2) is 18.4 Å². The van der Waals surface area contributed by atoms with Gasteiger partial charge in [0.25, 0.3) is 11.8 Å². The van der Waals surface area contributed by atoms with Gasteiger partial charge in [-0.2, -0.15) is 0 Å². The Balaban J connectivity index is 2.03. The predicted molar refractivity (Wildman–Crippen MR) is 93.0 cm³/mol. The number of benzene rings is 2. The summed E-state index contributed by atoms with van der Waals surface area (Å²) in [5, 5.41) is 6.06. The van der Waals surface area contributed by atoms with Gasteiger partial charge in [-0.25, -0.2) is 0 Å². The maximum Gasteiger partial charge on any atom is 0.255 e. The number of hydrogen-bond acceptors (Lipinski definition) is 2. The number of hydrogen-bond donors (Lipinski definition) is 2. The molecule has 2 amide bonds. The fourth-order valence-electron chi connectivity index (χ4n) is 1.93. The van der Waals surface area contributed by atoms with Gasteiger partial charge in [0.2, 0.25) is 0 Å². The Hall–Kier alpha value is -2.33. The van der Waals surface area contributed by atoms with Crippen molar-refractivity contribution in [2.75, 3.05) is 11.9 Å². The molecule has 0 fully saturated rings. The van der Waals surface area contributed by atoms with Crippen LogP contribution in [0.4, 0.5) is 5.69 Å². The predicted octanol–water partition coefficient (Wildman–Crippen LogP) is 3.98. The summed E-state index contributed by atoms with van der Waals surface area (Å²) in [6.45, 7) is 4.68. The number of nitrogens with one attached hydrogen (secondary N) is 2. The van der Waals surface area contributed by atoms with Crippen LogP contribution in [0.1, 0.15) is 34.6 Å². The first-order valence-corrected chi connectivity index (χ1v) is 7.79. The van der Waals surface area contributed by atoms with Crippen molar-refractivity contribution in [1.29, 1.82) is 0 Å². The molecule has 2 aromatic carbocycles. The van der Waals surface area contributed by atoms with Crippen LogP contribution in [0.15, 0.2) is 48.5 Å². The average Bonchev–Trinajstić information content (AvgIpc) is 2.54. The lowest BCUT2D eigenvalue weighted by Gasteiger charge is -2.09. The number of rotatable bonds is 5. The molecule has 0 aromatic heterocycles. The number of amides is 2. The molecule has 2 N–H and O–H groups in total. The van der Waals surface area contributed by atoms with Crippen LogP contribution in [0.2, 0.25) is 5.02 Å². The van der Waals surface area contributed by atoms with Gasteiger partial charge in [-0.05, 0) is 42.3 Å². The summed E-state index contributed by atoms with van der Waals surface area (Å²) in [5.41, 5.74) is 1.54. The van der Waals surface area contributed by atoms with E-state index in [1.54, 1.807) is 48.5 Å². The molecule has 23 heavy (non-hydrogen) atoms. The molecule has 0 aliphatic rings. The van der Waals surface area contributed by atoms with E-state index in [4.69, 9.17) is 11.6 Å². The minimum atomic E-state index is -0.271. The first kappa shape index (κ1) is 17.0. The van der Waals surface area contributed by atoms with Crippen LogP contribution in [0, 0.1) is 5.92 Å². The Morgan fingerprint density at radius 1 is 0.957 bits per heavy atom. The Labute approximate surface area is 140 Å². The van der Waals surface area contributed by atoms with Crippen LogP contribution in [0.3, 0.4) is 0 Å². The minimum absolute atomic E-state index is 0.142. The first-order valence-electron chi connectivity index (χ1n) is 7.41. The second-order valence-electron chi connectivity index (χ2n) is 5.62. The summed E-state index contributed by atoms with van der Waals surface area (Å²) in [6.07, 6.45) is 0. The van der Waals surface area contributed by atoms with Gasteiger partial charge in [0.05, 0.1) is 10.7 Å². The molecule has 0 aliphatic carbocycles. The van der Waals surface area contributed by atoms with E-state index in [-0.39, 0.29) is 11.8 Å². The standard InChI is InChI=1S/C18H19ClN2O2/c1-12(2)11-20-17(22)13-7-9-14(10-8-13)18(23)21-16-6-4-3-5-15(16)19/h3-10,12H,11H2,1-2H3,(H,20,22)(H,21,23). The SMILES string of the molecule is CC(C)CNC(=O)c1ccc(C(=O)Nc2ccccc2Cl)cc1. The van der Waals surface area contributed by atoms with E-state index in [0.717, 1.165) is 0 Å². The van der Waals surface area contributed by atoms with E-state index in [1.807, 2.05) is 13.8 Å². The zero-order valence-corrected chi connectivity index (χ0v) is 13.9. The summed E-state index contributed by atoms with van der Waals surface area (Å²) in [4.78, 5) is 24.1. The quantitative estimate of drug-likeness (QED) is 0.871. The third kappa shape index (κ3) is 4.83. The molecule has 0 atom stereocenters. The Morgan fingerprint density at radius 2 is 1.52 bits per heavy atom. The number of carbonyl (C=O) groups is 2.